The third-order valence-corrected chi connectivity index (χ3v) is 6.88. The van der Waals surface area contributed by atoms with E-state index in [0.29, 0.717) is 0 Å². The first-order chi connectivity index (χ1) is 15.0. The zero-order valence-corrected chi connectivity index (χ0v) is 19.6. The number of benzene rings is 2. The van der Waals surface area contributed by atoms with Crippen molar-refractivity contribution in [3.63, 3.8) is 0 Å². The Morgan fingerprint density at radius 3 is 2.65 bits per heavy atom. The van der Waals surface area contributed by atoms with Crippen LogP contribution in [0, 0.1) is 6.92 Å². The molecule has 0 saturated carbocycles. The van der Waals surface area contributed by atoms with Gasteiger partial charge in [-0.15, -0.1) is 0 Å². The highest BCUT2D eigenvalue weighted by molar-refractivity contribution is 7.23. The first kappa shape index (κ1) is 21.5. The van der Waals surface area contributed by atoms with Gasteiger partial charge in [-0.25, -0.2) is 4.98 Å². The number of hydrogen-bond donors (Lipinski definition) is 0. The van der Waals surface area contributed by atoms with Crippen LogP contribution in [0.2, 0.25) is 0 Å². The number of amides is 1. The van der Waals surface area contributed by atoms with Crippen molar-refractivity contribution < 1.29 is 4.79 Å². The fourth-order valence-corrected chi connectivity index (χ4v) is 5.02. The molecule has 0 unspecified atom stereocenters. The van der Waals surface area contributed by atoms with Gasteiger partial charge in [0.15, 0.2) is 4.96 Å². The van der Waals surface area contributed by atoms with Crippen LogP contribution in [-0.2, 0) is 0 Å². The summed E-state index contributed by atoms with van der Waals surface area (Å²) < 4.78 is 3.21. The van der Waals surface area contributed by atoms with Gasteiger partial charge in [-0.3, -0.25) is 9.20 Å². The van der Waals surface area contributed by atoms with E-state index < -0.39 is 0 Å². The zero-order chi connectivity index (χ0) is 22.0. The molecule has 0 bridgehead atoms. The number of carbonyl (C=O) groups is 1. The van der Waals surface area contributed by atoms with E-state index >= 15 is 0 Å². The van der Waals surface area contributed by atoms with Crippen molar-refractivity contribution in [2.75, 3.05) is 33.2 Å². The van der Waals surface area contributed by atoms with Crippen molar-refractivity contribution in [2.45, 2.75) is 27.2 Å². The third-order valence-electron chi connectivity index (χ3n) is 5.86. The standard InChI is InChI=1S/C25H30N4OS/c1-5-28(6-2)14-8-13-27(4)24(30)20-11-12-22-23(16-20)31-25-26-21(17-29(22)25)19-10-7-9-18(3)15-19/h7,9-12,15-17H,5-6,8,13-14H2,1-4H3. The van der Waals surface area contributed by atoms with Crippen LogP contribution in [0.25, 0.3) is 26.4 Å². The largest absolute Gasteiger partial charge is 0.342 e. The summed E-state index contributed by atoms with van der Waals surface area (Å²) in [4.78, 5) is 22.9. The average Bonchev–Trinajstić information content (AvgIpc) is 3.33. The van der Waals surface area contributed by atoms with E-state index in [2.05, 4.69) is 60.5 Å². The molecule has 4 rings (SSSR count). The molecule has 5 nitrogen and oxygen atoms in total. The van der Waals surface area contributed by atoms with Gasteiger partial charge in [0.1, 0.15) is 0 Å². The maximum atomic E-state index is 12.9. The predicted octanol–water partition coefficient (Wildman–Crippen LogP) is 5.33. The smallest absolute Gasteiger partial charge is 0.253 e. The molecule has 0 N–H and O–H groups in total. The zero-order valence-electron chi connectivity index (χ0n) is 18.8. The molecule has 0 aliphatic heterocycles. The van der Waals surface area contributed by atoms with Crippen molar-refractivity contribution in [1.29, 1.82) is 0 Å². The number of fused-ring (bicyclic) bond motifs is 3. The van der Waals surface area contributed by atoms with Crippen LogP contribution in [0.15, 0.2) is 48.7 Å². The Bertz CT molecular complexity index is 1200. The van der Waals surface area contributed by atoms with Crippen LogP contribution >= 0.6 is 11.3 Å². The summed E-state index contributed by atoms with van der Waals surface area (Å²) >= 11 is 1.63. The van der Waals surface area contributed by atoms with Gasteiger partial charge in [0, 0.05) is 30.9 Å². The quantitative estimate of drug-likeness (QED) is 0.376. The first-order valence-corrected chi connectivity index (χ1v) is 11.8. The molecule has 0 aliphatic carbocycles. The van der Waals surface area contributed by atoms with Crippen molar-refractivity contribution >= 4 is 32.4 Å². The lowest BCUT2D eigenvalue weighted by molar-refractivity contribution is 0.0789. The molecule has 2 aromatic carbocycles. The highest BCUT2D eigenvalue weighted by Crippen LogP contribution is 2.30. The van der Waals surface area contributed by atoms with Crippen LogP contribution < -0.4 is 0 Å². The van der Waals surface area contributed by atoms with Crippen LogP contribution in [0.1, 0.15) is 36.2 Å². The molecule has 0 fully saturated rings. The van der Waals surface area contributed by atoms with E-state index in [0.717, 1.165) is 64.6 Å². The van der Waals surface area contributed by atoms with E-state index in [-0.39, 0.29) is 5.91 Å². The fourth-order valence-electron chi connectivity index (χ4n) is 3.97. The number of nitrogens with zero attached hydrogens (tertiary/aromatic N) is 4. The lowest BCUT2D eigenvalue weighted by atomic mass is 10.1. The molecule has 6 heteroatoms. The van der Waals surface area contributed by atoms with Gasteiger partial charge in [-0.2, -0.15) is 0 Å². The topological polar surface area (TPSA) is 40.8 Å². The minimum absolute atomic E-state index is 0.0768. The molecule has 0 atom stereocenters. The summed E-state index contributed by atoms with van der Waals surface area (Å²) in [6.45, 7) is 10.3. The second kappa shape index (κ2) is 9.20. The van der Waals surface area contributed by atoms with Crippen LogP contribution in [-0.4, -0.2) is 58.3 Å². The van der Waals surface area contributed by atoms with Crippen molar-refractivity contribution in [1.82, 2.24) is 19.2 Å². The van der Waals surface area contributed by atoms with Crippen molar-refractivity contribution in [2.24, 2.45) is 0 Å². The SMILES string of the molecule is CCN(CC)CCCN(C)C(=O)c1ccc2c(c1)sc1nc(-c3cccc(C)c3)cn12. The predicted molar refractivity (Wildman–Crippen MR) is 130 cm³/mol. The maximum Gasteiger partial charge on any atom is 0.253 e. The highest BCUT2D eigenvalue weighted by atomic mass is 32.1. The Morgan fingerprint density at radius 1 is 1.10 bits per heavy atom. The minimum atomic E-state index is 0.0768. The van der Waals surface area contributed by atoms with Crippen molar-refractivity contribution in [3.05, 3.63) is 59.8 Å². The molecule has 4 aromatic rings. The summed E-state index contributed by atoms with van der Waals surface area (Å²) in [6, 6.07) is 14.4. The van der Waals surface area contributed by atoms with Gasteiger partial charge in [-0.1, -0.05) is 48.9 Å². The Kier molecular flexibility index (Phi) is 6.39. The Labute approximate surface area is 187 Å². The minimum Gasteiger partial charge on any atom is -0.342 e. The van der Waals surface area contributed by atoms with E-state index in [1.807, 2.05) is 30.1 Å². The van der Waals surface area contributed by atoms with Gasteiger partial charge < -0.3 is 9.80 Å². The number of hydrogen-bond acceptors (Lipinski definition) is 4. The molecule has 2 aromatic heterocycles. The van der Waals surface area contributed by atoms with Crippen LogP contribution in [0.5, 0.6) is 0 Å². The van der Waals surface area contributed by atoms with Crippen molar-refractivity contribution in [3.8, 4) is 11.3 Å². The molecular weight excluding hydrogens is 404 g/mol. The molecular formula is C25H30N4OS. The molecule has 0 radical (unpaired) electrons. The van der Waals surface area contributed by atoms with Gasteiger partial charge in [-0.05, 0) is 57.2 Å². The molecule has 31 heavy (non-hydrogen) atoms. The lowest BCUT2D eigenvalue weighted by Crippen LogP contribution is -2.31. The summed E-state index contributed by atoms with van der Waals surface area (Å²) in [6.07, 6.45) is 3.07. The number of imidazole rings is 1. The van der Waals surface area contributed by atoms with E-state index in [4.69, 9.17) is 4.98 Å². The molecule has 0 aliphatic rings. The Hall–Kier alpha value is -2.70. The molecule has 162 valence electrons. The van der Waals surface area contributed by atoms with Gasteiger partial charge >= 0.3 is 0 Å². The van der Waals surface area contributed by atoms with E-state index in [1.165, 1.54) is 5.56 Å². The summed E-state index contributed by atoms with van der Waals surface area (Å²) in [7, 11) is 1.89. The van der Waals surface area contributed by atoms with Crippen LogP contribution in [0.3, 0.4) is 0 Å². The number of aromatic nitrogens is 2. The monoisotopic (exact) mass is 434 g/mol. The van der Waals surface area contributed by atoms with Gasteiger partial charge in [0.05, 0.1) is 15.9 Å². The first-order valence-electron chi connectivity index (χ1n) is 11.0. The molecule has 1 amide bonds. The average molecular weight is 435 g/mol. The second-order valence-electron chi connectivity index (χ2n) is 8.04. The van der Waals surface area contributed by atoms with Crippen LogP contribution in [0.4, 0.5) is 0 Å². The fraction of sp³-hybridized carbons (Fsp3) is 0.360. The molecule has 2 heterocycles. The van der Waals surface area contributed by atoms with E-state index in [1.54, 1.807) is 11.3 Å². The third kappa shape index (κ3) is 4.50. The van der Waals surface area contributed by atoms with E-state index in [9.17, 15) is 4.79 Å². The normalized spacial score (nSPS) is 11.6. The Balaban J connectivity index is 1.52. The second-order valence-corrected chi connectivity index (χ2v) is 9.05. The summed E-state index contributed by atoms with van der Waals surface area (Å²) in [5.74, 6) is 0.0768. The number of carbonyl (C=O) groups excluding carboxylic acids is 1. The highest BCUT2D eigenvalue weighted by Gasteiger charge is 2.15. The van der Waals surface area contributed by atoms with Gasteiger partial charge in [0.25, 0.3) is 5.91 Å². The lowest BCUT2D eigenvalue weighted by Gasteiger charge is -2.21. The summed E-state index contributed by atoms with van der Waals surface area (Å²) in [5, 5.41) is 0. The Morgan fingerprint density at radius 2 is 1.90 bits per heavy atom. The number of aryl methyl sites for hydroxylation is 1. The summed E-state index contributed by atoms with van der Waals surface area (Å²) in [5.41, 5.74) is 5.16. The molecule has 0 spiro atoms. The van der Waals surface area contributed by atoms with Gasteiger partial charge in [0.2, 0.25) is 0 Å². The molecule has 0 saturated heterocycles. The number of thiazole rings is 1. The maximum absolute atomic E-state index is 12.9. The number of rotatable bonds is 8.